The maximum Gasteiger partial charge on any atom is 0.0714 e. The highest BCUT2D eigenvalue weighted by molar-refractivity contribution is 5.88. The van der Waals surface area contributed by atoms with Gasteiger partial charge in [-0.25, -0.2) is 0 Å². The maximum atomic E-state index is 4.58. The number of nitrogens with zero attached hydrogens (tertiary/aromatic N) is 1. The van der Waals surface area contributed by atoms with E-state index in [1.807, 2.05) is 18.3 Å². The molecule has 2 rings (SSSR count). The van der Waals surface area contributed by atoms with Gasteiger partial charge in [-0.1, -0.05) is 30.4 Å². The van der Waals surface area contributed by atoms with Crippen molar-refractivity contribution in [1.29, 1.82) is 0 Å². The predicted molar refractivity (Wildman–Crippen MR) is 93.1 cm³/mol. The van der Waals surface area contributed by atoms with E-state index in [1.165, 1.54) is 33.4 Å². The van der Waals surface area contributed by atoms with Crippen LogP contribution in [0.25, 0.3) is 22.4 Å². The Labute approximate surface area is 128 Å². The van der Waals surface area contributed by atoms with Gasteiger partial charge in [0.15, 0.2) is 0 Å². The molecule has 0 unspecified atom stereocenters. The SMILES string of the molecule is C/C=C(\C)c1cc(C)cc(/C(C)=C/C)c1-c1ccccn1. The summed E-state index contributed by atoms with van der Waals surface area (Å²) in [6.45, 7) is 10.6. The molecule has 1 nitrogen and oxygen atoms in total. The summed E-state index contributed by atoms with van der Waals surface area (Å²) in [5, 5.41) is 0. The van der Waals surface area contributed by atoms with Crippen LogP contribution in [0.3, 0.4) is 0 Å². The average Bonchev–Trinajstić information content (AvgIpc) is 2.53. The lowest BCUT2D eigenvalue weighted by Gasteiger charge is -2.17. The zero-order valence-corrected chi connectivity index (χ0v) is 13.6. The van der Waals surface area contributed by atoms with Crippen LogP contribution >= 0.6 is 0 Å². The minimum Gasteiger partial charge on any atom is -0.256 e. The molecule has 2 aromatic rings. The van der Waals surface area contributed by atoms with Crippen molar-refractivity contribution in [2.24, 2.45) is 0 Å². The van der Waals surface area contributed by atoms with Gasteiger partial charge in [-0.15, -0.1) is 0 Å². The van der Waals surface area contributed by atoms with Crippen LogP contribution in [0.15, 0.2) is 48.7 Å². The van der Waals surface area contributed by atoms with Crippen LogP contribution < -0.4 is 0 Å². The number of pyridine rings is 1. The van der Waals surface area contributed by atoms with Crippen LogP contribution in [0, 0.1) is 6.92 Å². The molecule has 0 bridgehead atoms. The smallest absolute Gasteiger partial charge is 0.0714 e. The van der Waals surface area contributed by atoms with Crippen LogP contribution in [0.5, 0.6) is 0 Å². The first-order valence-corrected chi connectivity index (χ1v) is 7.41. The van der Waals surface area contributed by atoms with E-state index in [9.17, 15) is 0 Å². The minimum atomic E-state index is 1.03. The molecule has 0 aliphatic rings. The molecular formula is C20H23N. The zero-order valence-electron chi connectivity index (χ0n) is 13.6. The van der Waals surface area contributed by atoms with Gasteiger partial charge in [0.2, 0.25) is 0 Å². The first-order valence-electron chi connectivity index (χ1n) is 7.41. The van der Waals surface area contributed by atoms with Gasteiger partial charge < -0.3 is 0 Å². The topological polar surface area (TPSA) is 12.9 Å². The van der Waals surface area contributed by atoms with Crippen LogP contribution in [0.2, 0.25) is 0 Å². The van der Waals surface area contributed by atoms with Crippen molar-refractivity contribution in [1.82, 2.24) is 4.98 Å². The Morgan fingerprint density at radius 2 is 1.52 bits per heavy atom. The van der Waals surface area contributed by atoms with E-state index in [4.69, 9.17) is 0 Å². The summed E-state index contributed by atoms with van der Waals surface area (Å²) < 4.78 is 0. The summed E-state index contributed by atoms with van der Waals surface area (Å²) >= 11 is 0. The Hall–Kier alpha value is -2.15. The van der Waals surface area contributed by atoms with Gasteiger partial charge in [-0.3, -0.25) is 4.98 Å². The summed E-state index contributed by atoms with van der Waals surface area (Å²) in [7, 11) is 0. The molecule has 1 heterocycles. The highest BCUT2D eigenvalue weighted by Gasteiger charge is 2.14. The Bertz CT molecular complexity index is 652. The van der Waals surface area contributed by atoms with Gasteiger partial charge >= 0.3 is 0 Å². The zero-order chi connectivity index (χ0) is 15.4. The van der Waals surface area contributed by atoms with Gasteiger partial charge in [0.25, 0.3) is 0 Å². The van der Waals surface area contributed by atoms with Crippen LogP contribution in [-0.2, 0) is 0 Å². The third-order valence-electron chi connectivity index (χ3n) is 3.92. The number of aryl methyl sites for hydroxylation is 1. The Morgan fingerprint density at radius 3 is 1.95 bits per heavy atom. The van der Waals surface area contributed by atoms with Crippen molar-refractivity contribution in [2.45, 2.75) is 34.6 Å². The third-order valence-corrected chi connectivity index (χ3v) is 3.92. The van der Waals surface area contributed by atoms with Crippen molar-refractivity contribution < 1.29 is 0 Å². The standard InChI is InChI=1S/C20H23N/c1-6-15(4)17-12-14(3)13-18(16(5)7-2)20(17)19-10-8-9-11-21-19/h6-13H,1-5H3/b15-6+,16-7+. The van der Waals surface area contributed by atoms with Crippen molar-refractivity contribution in [3.05, 3.63) is 65.4 Å². The first-order chi connectivity index (χ1) is 10.1. The predicted octanol–water partition coefficient (Wildman–Crippen LogP) is 5.90. The summed E-state index contributed by atoms with van der Waals surface area (Å²) in [5.41, 5.74) is 8.65. The van der Waals surface area contributed by atoms with Crippen molar-refractivity contribution in [3.8, 4) is 11.3 Å². The molecule has 0 aliphatic carbocycles. The van der Waals surface area contributed by atoms with E-state index in [-0.39, 0.29) is 0 Å². The maximum absolute atomic E-state index is 4.58. The second-order valence-corrected chi connectivity index (χ2v) is 5.39. The monoisotopic (exact) mass is 277 g/mol. The lowest BCUT2D eigenvalue weighted by Crippen LogP contribution is -1.97. The lowest BCUT2D eigenvalue weighted by molar-refractivity contribution is 1.30. The van der Waals surface area contributed by atoms with Crippen molar-refractivity contribution in [3.63, 3.8) is 0 Å². The van der Waals surface area contributed by atoms with E-state index in [2.05, 4.69) is 70.0 Å². The van der Waals surface area contributed by atoms with Gasteiger partial charge in [0, 0.05) is 11.8 Å². The fourth-order valence-corrected chi connectivity index (χ4v) is 2.51. The molecule has 0 radical (unpaired) electrons. The molecule has 0 amide bonds. The average molecular weight is 277 g/mol. The molecule has 1 heteroatoms. The second kappa shape index (κ2) is 6.53. The van der Waals surface area contributed by atoms with Crippen LogP contribution in [-0.4, -0.2) is 4.98 Å². The Morgan fingerprint density at radius 1 is 0.952 bits per heavy atom. The molecule has 1 aromatic carbocycles. The molecule has 0 fully saturated rings. The first kappa shape index (κ1) is 15.2. The van der Waals surface area contributed by atoms with Gasteiger partial charge in [-0.05, 0) is 74.6 Å². The van der Waals surface area contributed by atoms with E-state index in [0.29, 0.717) is 0 Å². The molecule has 0 spiro atoms. The quantitative estimate of drug-likeness (QED) is 0.680. The van der Waals surface area contributed by atoms with Crippen LogP contribution in [0.1, 0.15) is 44.4 Å². The normalized spacial score (nSPS) is 12.6. The number of benzene rings is 1. The van der Waals surface area contributed by atoms with E-state index in [1.54, 1.807) is 0 Å². The molecule has 1 aromatic heterocycles. The van der Waals surface area contributed by atoms with Gasteiger partial charge in [0.05, 0.1) is 5.69 Å². The highest BCUT2D eigenvalue weighted by Crippen LogP contribution is 2.35. The molecule has 0 atom stereocenters. The fourth-order valence-electron chi connectivity index (χ4n) is 2.51. The van der Waals surface area contributed by atoms with Gasteiger partial charge in [-0.2, -0.15) is 0 Å². The molecule has 0 aliphatic heterocycles. The summed E-state index contributed by atoms with van der Waals surface area (Å²) in [6, 6.07) is 10.6. The minimum absolute atomic E-state index is 1.03. The van der Waals surface area contributed by atoms with Crippen molar-refractivity contribution >= 4 is 11.1 Å². The van der Waals surface area contributed by atoms with Gasteiger partial charge in [0.1, 0.15) is 0 Å². The second-order valence-electron chi connectivity index (χ2n) is 5.39. The number of hydrogen-bond donors (Lipinski definition) is 0. The van der Waals surface area contributed by atoms with Crippen LogP contribution in [0.4, 0.5) is 0 Å². The van der Waals surface area contributed by atoms with Crippen molar-refractivity contribution in [2.75, 3.05) is 0 Å². The molecule has 0 saturated heterocycles. The Balaban J connectivity index is 2.86. The largest absolute Gasteiger partial charge is 0.256 e. The van der Waals surface area contributed by atoms with E-state index >= 15 is 0 Å². The molecular weight excluding hydrogens is 254 g/mol. The van der Waals surface area contributed by atoms with E-state index in [0.717, 1.165) is 5.69 Å². The number of hydrogen-bond acceptors (Lipinski definition) is 1. The number of allylic oxidation sites excluding steroid dienone is 4. The van der Waals surface area contributed by atoms with E-state index < -0.39 is 0 Å². The number of rotatable bonds is 3. The molecule has 21 heavy (non-hydrogen) atoms. The highest BCUT2D eigenvalue weighted by atomic mass is 14.7. The summed E-state index contributed by atoms with van der Waals surface area (Å²) in [5.74, 6) is 0. The molecule has 0 saturated carbocycles. The lowest BCUT2D eigenvalue weighted by atomic mass is 9.88. The fraction of sp³-hybridized carbons (Fsp3) is 0.250. The molecule has 108 valence electrons. The third kappa shape index (κ3) is 3.13. The molecule has 0 N–H and O–H groups in total. The summed E-state index contributed by atoms with van der Waals surface area (Å²) in [6.07, 6.45) is 6.19. The number of aromatic nitrogens is 1. The Kier molecular flexibility index (Phi) is 4.74. The summed E-state index contributed by atoms with van der Waals surface area (Å²) in [4.78, 5) is 4.58.